The third-order valence-electron chi connectivity index (χ3n) is 6.38. The highest BCUT2D eigenvalue weighted by atomic mass is 16.6. The highest BCUT2D eigenvalue weighted by Gasteiger charge is 2.54. The molecule has 1 saturated heterocycles. The van der Waals surface area contributed by atoms with Gasteiger partial charge in [-0.3, -0.25) is 0 Å². The normalized spacial score (nSPS) is 36.1. The lowest BCUT2D eigenvalue weighted by molar-refractivity contribution is -0.142. The molecule has 0 N–H and O–H groups in total. The Morgan fingerprint density at radius 2 is 1.96 bits per heavy atom. The van der Waals surface area contributed by atoms with E-state index < -0.39 is 0 Å². The van der Waals surface area contributed by atoms with Crippen LogP contribution in [0.5, 0.6) is 0 Å². The van der Waals surface area contributed by atoms with Crippen molar-refractivity contribution in [2.75, 3.05) is 0 Å². The van der Waals surface area contributed by atoms with Crippen LogP contribution in [0.3, 0.4) is 0 Å². The first-order valence-corrected chi connectivity index (χ1v) is 9.21. The van der Waals surface area contributed by atoms with Gasteiger partial charge in [0.1, 0.15) is 12.2 Å². The van der Waals surface area contributed by atoms with E-state index in [1.807, 2.05) is 18.2 Å². The summed E-state index contributed by atoms with van der Waals surface area (Å²) in [5, 5.41) is 0. The number of benzene rings is 1. The lowest BCUT2D eigenvalue weighted by Gasteiger charge is -2.51. The monoisotopic (exact) mass is 352 g/mol. The van der Waals surface area contributed by atoms with Crippen molar-refractivity contribution in [2.24, 2.45) is 17.3 Å². The Labute approximate surface area is 153 Å². The second-order valence-electron chi connectivity index (χ2n) is 8.18. The molecular weight excluding hydrogens is 328 g/mol. The van der Waals surface area contributed by atoms with Gasteiger partial charge >= 0.3 is 11.9 Å². The van der Waals surface area contributed by atoms with Crippen LogP contribution in [0.1, 0.15) is 43.0 Å². The van der Waals surface area contributed by atoms with Crippen molar-refractivity contribution in [1.82, 2.24) is 0 Å². The summed E-state index contributed by atoms with van der Waals surface area (Å²) in [5.74, 6) is -0.151. The Bertz CT molecular complexity index is 781. The van der Waals surface area contributed by atoms with Crippen LogP contribution in [0, 0.1) is 17.3 Å². The van der Waals surface area contributed by atoms with Crippen molar-refractivity contribution < 1.29 is 19.1 Å². The number of carbonyl (C=O) groups excluding carboxylic acids is 2. The molecule has 4 nitrogen and oxygen atoms in total. The van der Waals surface area contributed by atoms with Gasteiger partial charge in [0.2, 0.25) is 0 Å². The van der Waals surface area contributed by atoms with Crippen molar-refractivity contribution >= 4 is 11.9 Å². The number of esters is 2. The second-order valence-corrected chi connectivity index (χ2v) is 8.18. The fraction of sp³-hybridized carbons (Fsp3) is 0.455. The average Bonchev–Trinajstić information content (AvgIpc) is 2.86. The first-order valence-electron chi connectivity index (χ1n) is 9.21. The van der Waals surface area contributed by atoms with Gasteiger partial charge < -0.3 is 9.47 Å². The number of hydrogen-bond acceptors (Lipinski definition) is 4. The van der Waals surface area contributed by atoms with Gasteiger partial charge in [0.25, 0.3) is 0 Å². The Morgan fingerprint density at radius 1 is 1.23 bits per heavy atom. The molecule has 0 aromatic heterocycles. The highest BCUT2D eigenvalue weighted by molar-refractivity contribution is 5.91. The van der Waals surface area contributed by atoms with E-state index in [0.29, 0.717) is 23.5 Å². The zero-order valence-corrected chi connectivity index (χ0v) is 15.1. The predicted molar refractivity (Wildman–Crippen MR) is 97.4 cm³/mol. The molecule has 3 fully saturated rings. The van der Waals surface area contributed by atoms with Crippen LogP contribution in [0.4, 0.5) is 0 Å². The van der Waals surface area contributed by atoms with Crippen molar-refractivity contribution in [3.05, 3.63) is 60.2 Å². The molecule has 4 heteroatoms. The summed E-state index contributed by atoms with van der Waals surface area (Å²) in [6, 6.07) is 9.06. The number of fused-ring (bicyclic) bond motifs is 2. The Kier molecular flexibility index (Phi) is 4.02. The van der Waals surface area contributed by atoms with Gasteiger partial charge in [0.05, 0.1) is 5.56 Å². The summed E-state index contributed by atoms with van der Waals surface area (Å²) >= 11 is 0. The third-order valence-corrected chi connectivity index (χ3v) is 6.38. The minimum absolute atomic E-state index is 0.0803. The molecule has 0 amide bonds. The molecule has 0 bridgehead atoms. The number of hydrogen-bond donors (Lipinski definition) is 0. The Balaban J connectivity index is 1.50. The lowest BCUT2D eigenvalue weighted by Crippen LogP contribution is -2.47. The van der Waals surface area contributed by atoms with Crippen LogP contribution in [0.2, 0.25) is 0 Å². The quantitative estimate of drug-likeness (QED) is 0.457. The summed E-state index contributed by atoms with van der Waals surface area (Å²) in [6.45, 7) is 10.4. The van der Waals surface area contributed by atoms with Crippen LogP contribution in [-0.2, 0) is 14.3 Å². The summed E-state index contributed by atoms with van der Waals surface area (Å²) in [5.41, 5.74) is 2.19. The van der Waals surface area contributed by atoms with E-state index in [-0.39, 0.29) is 35.5 Å². The fourth-order valence-electron chi connectivity index (χ4n) is 5.08. The minimum atomic E-state index is -0.292. The maximum absolute atomic E-state index is 12.4. The topological polar surface area (TPSA) is 52.6 Å². The van der Waals surface area contributed by atoms with E-state index >= 15 is 0 Å². The summed E-state index contributed by atoms with van der Waals surface area (Å²) in [7, 11) is 0. The molecule has 2 aliphatic carbocycles. The van der Waals surface area contributed by atoms with Gasteiger partial charge in [-0.05, 0) is 42.7 Å². The van der Waals surface area contributed by atoms with E-state index in [2.05, 4.69) is 20.1 Å². The van der Waals surface area contributed by atoms with Crippen molar-refractivity contribution in [3.63, 3.8) is 0 Å². The number of rotatable bonds is 2. The van der Waals surface area contributed by atoms with Gasteiger partial charge in [-0.15, -0.1) is 0 Å². The van der Waals surface area contributed by atoms with Gasteiger partial charge in [-0.2, -0.15) is 0 Å². The van der Waals surface area contributed by atoms with Crippen LogP contribution >= 0.6 is 0 Å². The molecule has 3 aliphatic rings. The van der Waals surface area contributed by atoms with E-state index in [9.17, 15) is 9.59 Å². The molecule has 1 unspecified atom stereocenters. The van der Waals surface area contributed by atoms with Crippen LogP contribution in [-0.4, -0.2) is 24.1 Å². The molecular formula is C22H24O4. The maximum Gasteiger partial charge on any atom is 0.338 e. The molecule has 0 radical (unpaired) electrons. The van der Waals surface area contributed by atoms with E-state index in [1.165, 1.54) is 0 Å². The average molecular weight is 352 g/mol. The zero-order chi connectivity index (χ0) is 18.5. The summed E-state index contributed by atoms with van der Waals surface area (Å²) in [6.07, 6.45) is 2.77. The molecule has 1 aromatic carbocycles. The van der Waals surface area contributed by atoms with Crippen molar-refractivity contribution in [3.8, 4) is 0 Å². The van der Waals surface area contributed by atoms with Gasteiger partial charge in [-0.1, -0.05) is 43.9 Å². The Hall–Kier alpha value is -2.36. The van der Waals surface area contributed by atoms with Crippen LogP contribution in [0.15, 0.2) is 54.6 Å². The predicted octanol–water partition coefficient (Wildman–Crippen LogP) is 4.08. The summed E-state index contributed by atoms with van der Waals surface area (Å²) < 4.78 is 11.3. The maximum atomic E-state index is 12.4. The second kappa shape index (κ2) is 6.11. The molecule has 1 aliphatic heterocycles. The highest BCUT2D eigenvalue weighted by Crippen LogP contribution is 2.57. The summed E-state index contributed by atoms with van der Waals surface area (Å²) in [4.78, 5) is 24.3. The largest absolute Gasteiger partial charge is 0.458 e. The number of ether oxygens (including phenoxy) is 2. The molecule has 0 spiro atoms. The molecule has 2 saturated carbocycles. The van der Waals surface area contributed by atoms with Crippen LogP contribution in [0.25, 0.3) is 0 Å². The molecule has 1 heterocycles. The van der Waals surface area contributed by atoms with Gasteiger partial charge in [0.15, 0.2) is 0 Å². The molecule has 5 atom stereocenters. The Morgan fingerprint density at radius 3 is 2.69 bits per heavy atom. The molecule has 136 valence electrons. The van der Waals surface area contributed by atoms with Crippen LogP contribution < -0.4 is 0 Å². The minimum Gasteiger partial charge on any atom is -0.458 e. The van der Waals surface area contributed by atoms with Crippen molar-refractivity contribution in [1.29, 1.82) is 0 Å². The first-order chi connectivity index (χ1) is 12.4. The lowest BCUT2D eigenvalue weighted by atomic mass is 9.55. The smallest absolute Gasteiger partial charge is 0.338 e. The van der Waals surface area contributed by atoms with Gasteiger partial charge in [-0.25, -0.2) is 9.59 Å². The molecule has 1 aromatic rings. The molecule has 4 rings (SSSR count). The fourth-order valence-corrected chi connectivity index (χ4v) is 5.08. The standard InChI is InChI=1S/C22H24O4/c1-13-9-16(25-21(24)15-7-5-4-6-8-15)11-22(3)12-19-17(10-18(13)22)14(2)20(23)26-19/h4-8,16-19H,1-2,9-12H2,3H3/t16-,17+,18?,19+,22+/m0/s1. The van der Waals surface area contributed by atoms with E-state index in [4.69, 9.17) is 9.47 Å². The van der Waals surface area contributed by atoms with E-state index in [1.54, 1.807) is 12.1 Å². The first kappa shape index (κ1) is 17.1. The molecule has 26 heavy (non-hydrogen) atoms. The SMILES string of the molecule is C=C1C[C@H](OC(=O)c2ccccc2)C[C@]2(C)C[C@H]3OC(=O)C(=C)[C@H]3CC12. The van der Waals surface area contributed by atoms with Crippen molar-refractivity contribution in [2.45, 2.75) is 44.8 Å². The third kappa shape index (κ3) is 2.77. The van der Waals surface area contributed by atoms with E-state index in [0.717, 1.165) is 24.8 Å². The zero-order valence-electron chi connectivity index (χ0n) is 15.1. The van der Waals surface area contributed by atoms with Gasteiger partial charge in [0, 0.05) is 17.9 Å². The number of carbonyl (C=O) groups is 2.